The van der Waals surface area contributed by atoms with Gasteiger partial charge in [0.2, 0.25) is 0 Å². The number of aliphatic hydroxyl groups is 1. The van der Waals surface area contributed by atoms with Gasteiger partial charge in [-0.05, 0) is 24.7 Å². The van der Waals surface area contributed by atoms with Crippen LogP contribution >= 0.6 is 0 Å². The van der Waals surface area contributed by atoms with E-state index in [4.69, 9.17) is 9.84 Å². The molecule has 4 nitrogen and oxygen atoms in total. The molecule has 0 amide bonds. The molecular weight excluding hydrogens is 228 g/mol. The molecule has 2 rings (SSSR count). The number of hydrogen-bond donors (Lipinski definition) is 1. The average Bonchev–Trinajstić information content (AvgIpc) is 2.42. The maximum Gasteiger partial charge on any atom is 0.119 e. The zero-order chi connectivity index (χ0) is 12.8. The number of nitrogens with zero attached hydrogens (tertiary/aromatic N) is 2. The van der Waals surface area contributed by atoms with E-state index in [0.717, 1.165) is 50.6 Å². The Balaban J connectivity index is 1.68. The fourth-order valence-corrected chi connectivity index (χ4v) is 2.06. The molecule has 18 heavy (non-hydrogen) atoms. The molecule has 0 aromatic heterocycles. The van der Waals surface area contributed by atoms with Crippen LogP contribution in [0, 0.1) is 0 Å². The van der Waals surface area contributed by atoms with Gasteiger partial charge in [0.15, 0.2) is 0 Å². The Kier molecular flexibility index (Phi) is 4.99. The highest BCUT2D eigenvalue weighted by molar-refractivity contribution is 5.26. The number of rotatable bonds is 5. The Morgan fingerprint density at radius 1 is 1.11 bits per heavy atom. The molecule has 0 aliphatic carbocycles. The third-order valence-electron chi connectivity index (χ3n) is 3.38. The summed E-state index contributed by atoms with van der Waals surface area (Å²) in [6.45, 7) is 6.34. The molecule has 4 heteroatoms. The molecule has 1 heterocycles. The first-order valence-corrected chi connectivity index (χ1v) is 6.51. The number of hydrogen-bond acceptors (Lipinski definition) is 4. The maximum absolute atomic E-state index is 8.94. The summed E-state index contributed by atoms with van der Waals surface area (Å²) in [7, 11) is 2.16. The minimum absolute atomic E-state index is 0.0849. The van der Waals surface area contributed by atoms with Crippen molar-refractivity contribution in [2.24, 2.45) is 0 Å². The standard InChI is InChI=1S/C14H22N2O2/c1-15-6-8-16(9-7-15)10-11-18-14-4-2-13(12-17)3-5-14/h2-5,17H,6-12H2,1H3. The molecule has 1 aromatic carbocycles. The van der Waals surface area contributed by atoms with E-state index in [0.29, 0.717) is 0 Å². The molecule has 1 aromatic rings. The van der Waals surface area contributed by atoms with Crippen LogP contribution in [0.4, 0.5) is 0 Å². The fraction of sp³-hybridized carbons (Fsp3) is 0.571. The summed E-state index contributed by atoms with van der Waals surface area (Å²) in [6.07, 6.45) is 0. The van der Waals surface area contributed by atoms with Gasteiger partial charge in [0.25, 0.3) is 0 Å². The maximum atomic E-state index is 8.94. The molecule has 0 spiro atoms. The van der Waals surface area contributed by atoms with E-state index in [1.807, 2.05) is 24.3 Å². The van der Waals surface area contributed by atoms with Gasteiger partial charge in [-0.15, -0.1) is 0 Å². The second-order valence-electron chi connectivity index (χ2n) is 4.80. The van der Waals surface area contributed by atoms with E-state index < -0.39 is 0 Å². The first-order valence-electron chi connectivity index (χ1n) is 6.51. The molecule has 0 atom stereocenters. The number of aliphatic hydroxyl groups excluding tert-OH is 1. The first kappa shape index (κ1) is 13.3. The molecule has 1 saturated heterocycles. The molecule has 0 unspecified atom stereocenters. The van der Waals surface area contributed by atoms with E-state index in [-0.39, 0.29) is 6.61 Å². The molecule has 1 N–H and O–H groups in total. The monoisotopic (exact) mass is 250 g/mol. The number of piperazine rings is 1. The van der Waals surface area contributed by atoms with Gasteiger partial charge in [-0.2, -0.15) is 0 Å². The highest BCUT2D eigenvalue weighted by Crippen LogP contribution is 2.12. The van der Waals surface area contributed by atoms with Crippen LogP contribution in [-0.2, 0) is 6.61 Å². The van der Waals surface area contributed by atoms with Crippen LogP contribution in [0.25, 0.3) is 0 Å². The molecule has 0 radical (unpaired) electrons. The minimum Gasteiger partial charge on any atom is -0.492 e. The van der Waals surface area contributed by atoms with E-state index in [1.54, 1.807) is 0 Å². The summed E-state index contributed by atoms with van der Waals surface area (Å²) in [5, 5.41) is 8.94. The Morgan fingerprint density at radius 2 is 1.78 bits per heavy atom. The zero-order valence-electron chi connectivity index (χ0n) is 11.0. The van der Waals surface area contributed by atoms with Crippen molar-refractivity contribution in [3.8, 4) is 5.75 Å². The van der Waals surface area contributed by atoms with Gasteiger partial charge in [0.1, 0.15) is 12.4 Å². The lowest BCUT2D eigenvalue weighted by Gasteiger charge is -2.32. The Hall–Kier alpha value is -1.10. The highest BCUT2D eigenvalue weighted by atomic mass is 16.5. The van der Waals surface area contributed by atoms with Crippen LogP contribution < -0.4 is 4.74 Å². The first-order chi connectivity index (χ1) is 8.78. The minimum atomic E-state index is 0.0849. The predicted octanol–water partition coefficient (Wildman–Crippen LogP) is 0.805. The second kappa shape index (κ2) is 6.73. The largest absolute Gasteiger partial charge is 0.492 e. The highest BCUT2D eigenvalue weighted by Gasteiger charge is 2.12. The van der Waals surface area contributed by atoms with Crippen LogP contribution in [0.5, 0.6) is 5.75 Å². The van der Waals surface area contributed by atoms with Gasteiger partial charge in [-0.1, -0.05) is 12.1 Å². The summed E-state index contributed by atoms with van der Waals surface area (Å²) in [4.78, 5) is 4.78. The Labute approximate surface area is 109 Å². The lowest BCUT2D eigenvalue weighted by atomic mass is 10.2. The van der Waals surface area contributed by atoms with Crippen LogP contribution in [0.15, 0.2) is 24.3 Å². The smallest absolute Gasteiger partial charge is 0.119 e. The normalized spacial score (nSPS) is 17.9. The van der Waals surface area contributed by atoms with Gasteiger partial charge >= 0.3 is 0 Å². The van der Waals surface area contributed by atoms with Gasteiger partial charge in [-0.3, -0.25) is 4.90 Å². The molecule has 0 saturated carbocycles. The van der Waals surface area contributed by atoms with Crippen LogP contribution in [-0.4, -0.2) is 61.3 Å². The summed E-state index contributed by atoms with van der Waals surface area (Å²) < 4.78 is 5.70. The van der Waals surface area contributed by atoms with Crippen molar-refractivity contribution in [2.45, 2.75) is 6.61 Å². The van der Waals surface area contributed by atoms with Gasteiger partial charge in [0.05, 0.1) is 6.61 Å². The van der Waals surface area contributed by atoms with E-state index >= 15 is 0 Å². The molecule has 1 fully saturated rings. The third kappa shape index (κ3) is 3.98. The van der Waals surface area contributed by atoms with Crippen molar-refractivity contribution < 1.29 is 9.84 Å². The van der Waals surface area contributed by atoms with Crippen molar-refractivity contribution in [2.75, 3.05) is 46.4 Å². The Morgan fingerprint density at radius 3 is 2.39 bits per heavy atom. The fourth-order valence-electron chi connectivity index (χ4n) is 2.06. The van der Waals surface area contributed by atoms with Gasteiger partial charge < -0.3 is 14.7 Å². The second-order valence-corrected chi connectivity index (χ2v) is 4.80. The molecule has 1 aliphatic heterocycles. The summed E-state index contributed by atoms with van der Waals surface area (Å²) in [6, 6.07) is 7.61. The van der Waals surface area contributed by atoms with Crippen molar-refractivity contribution in [3.05, 3.63) is 29.8 Å². The van der Waals surface area contributed by atoms with Crippen LogP contribution in [0.3, 0.4) is 0 Å². The van der Waals surface area contributed by atoms with Crippen molar-refractivity contribution in [1.82, 2.24) is 9.80 Å². The van der Waals surface area contributed by atoms with E-state index in [2.05, 4.69) is 16.8 Å². The molecule has 1 aliphatic rings. The summed E-state index contributed by atoms with van der Waals surface area (Å²) in [5.74, 6) is 0.876. The van der Waals surface area contributed by atoms with Gasteiger partial charge in [-0.25, -0.2) is 0 Å². The van der Waals surface area contributed by atoms with Crippen LogP contribution in [0.2, 0.25) is 0 Å². The number of likely N-dealkylation sites (N-methyl/N-ethyl adjacent to an activating group) is 1. The Bertz CT molecular complexity index is 345. The van der Waals surface area contributed by atoms with Crippen molar-refractivity contribution in [3.63, 3.8) is 0 Å². The average molecular weight is 250 g/mol. The lowest BCUT2D eigenvalue weighted by molar-refractivity contribution is 0.133. The molecular formula is C14H22N2O2. The molecule has 100 valence electrons. The van der Waals surface area contributed by atoms with E-state index in [9.17, 15) is 0 Å². The quantitative estimate of drug-likeness (QED) is 0.839. The van der Waals surface area contributed by atoms with Crippen LogP contribution in [0.1, 0.15) is 5.56 Å². The van der Waals surface area contributed by atoms with E-state index in [1.165, 1.54) is 0 Å². The summed E-state index contributed by atoms with van der Waals surface area (Å²) >= 11 is 0. The lowest BCUT2D eigenvalue weighted by Crippen LogP contribution is -2.45. The SMILES string of the molecule is CN1CCN(CCOc2ccc(CO)cc2)CC1. The molecule has 0 bridgehead atoms. The van der Waals surface area contributed by atoms with Crippen molar-refractivity contribution in [1.29, 1.82) is 0 Å². The number of benzene rings is 1. The zero-order valence-corrected chi connectivity index (χ0v) is 11.0. The number of ether oxygens (including phenoxy) is 1. The van der Waals surface area contributed by atoms with Crippen molar-refractivity contribution >= 4 is 0 Å². The van der Waals surface area contributed by atoms with Gasteiger partial charge in [0, 0.05) is 32.7 Å². The predicted molar refractivity (Wildman–Crippen MR) is 71.8 cm³/mol. The summed E-state index contributed by atoms with van der Waals surface area (Å²) in [5.41, 5.74) is 0.918. The topological polar surface area (TPSA) is 35.9 Å². The third-order valence-corrected chi connectivity index (χ3v) is 3.38.